The molecule has 19 heavy (non-hydrogen) atoms. The molecule has 2 aromatic rings. The molecule has 0 fully saturated rings. The predicted molar refractivity (Wildman–Crippen MR) is 88.6 cm³/mol. The lowest BCUT2D eigenvalue weighted by Gasteiger charge is -2.24. The van der Waals surface area contributed by atoms with Crippen LogP contribution in [0.2, 0.25) is 19.1 Å². The van der Waals surface area contributed by atoms with Crippen molar-refractivity contribution in [2.75, 3.05) is 0 Å². The summed E-state index contributed by atoms with van der Waals surface area (Å²) < 4.78 is 0. The number of allylic oxidation sites excluding steroid dienone is 1. The summed E-state index contributed by atoms with van der Waals surface area (Å²) in [7, 11) is -1.44. The molecule has 0 aliphatic carbocycles. The maximum Gasteiger partial charge on any atom is 0.0849 e. The second-order valence-electron chi connectivity index (χ2n) is 5.90. The van der Waals surface area contributed by atoms with Crippen LogP contribution in [0.3, 0.4) is 0 Å². The molecule has 0 saturated carbocycles. The fraction of sp³-hybridized carbons (Fsp3) is 0.222. The monoisotopic (exact) mass is 266 g/mol. The summed E-state index contributed by atoms with van der Waals surface area (Å²) in [6.07, 6.45) is 0. The van der Waals surface area contributed by atoms with Crippen molar-refractivity contribution in [2.24, 2.45) is 0 Å². The Balaban J connectivity index is 2.16. The van der Waals surface area contributed by atoms with Crippen LogP contribution in [0.1, 0.15) is 11.1 Å². The standard InChI is InChI=1S/C18H22Si/c1-15-10-12-17(13-11-15)16(2)14-19(3,4)18-8-6-5-7-9-18/h5-13H,2,14H2,1,3-4H3. The minimum atomic E-state index is -1.44. The van der Waals surface area contributed by atoms with Crippen LogP contribution in [0.5, 0.6) is 0 Å². The molecule has 2 aromatic carbocycles. The molecule has 0 aliphatic heterocycles. The molecular weight excluding hydrogens is 244 g/mol. The zero-order chi connectivity index (χ0) is 13.9. The van der Waals surface area contributed by atoms with Crippen LogP contribution in [0.4, 0.5) is 0 Å². The number of aryl methyl sites for hydroxylation is 1. The SMILES string of the molecule is C=C(C[Si](C)(C)c1ccccc1)c1ccc(C)cc1. The second-order valence-corrected chi connectivity index (χ2v) is 10.6. The van der Waals surface area contributed by atoms with Crippen molar-refractivity contribution >= 4 is 18.8 Å². The first-order valence-corrected chi connectivity index (χ1v) is 10.00. The predicted octanol–water partition coefficient (Wildman–Crippen LogP) is 4.62. The first-order chi connectivity index (χ1) is 8.99. The van der Waals surface area contributed by atoms with E-state index in [4.69, 9.17) is 0 Å². The summed E-state index contributed by atoms with van der Waals surface area (Å²) in [5, 5.41) is 1.50. The Kier molecular flexibility index (Phi) is 4.06. The Hall–Kier alpha value is -1.60. The number of benzene rings is 2. The van der Waals surface area contributed by atoms with E-state index in [2.05, 4.69) is 81.2 Å². The van der Waals surface area contributed by atoms with Crippen LogP contribution in [0.25, 0.3) is 5.57 Å². The minimum absolute atomic E-state index is 1.11. The van der Waals surface area contributed by atoms with E-state index in [0.717, 1.165) is 6.04 Å². The topological polar surface area (TPSA) is 0 Å². The third-order valence-corrected chi connectivity index (χ3v) is 6.88. The van der Waals surface area contributed by atoms with Crippen molar-refractivity contribution in [1.29, 1.82) is 0 Å². The smallest absolute Gasteiger partial charge is 0.0849 e. The zero-order valence-electron chi connectivity index (χ0n) is 12.1. The summed E-state index contributed by atoms with van der Waals surface area (Å²) in [5.74, 6) is 0. The zero-order valence-corrected chi connectivity index (χ0v) is 13.1. The average Bonchev–Trinajstić information content (AvgIpc) is 2.40. The number of hydrogen-bond donors (Lipinski definition) is 0. The molecule has 2 rings (SSSR count). The van der Waals surface area contributed by atoms with E-state index in [1.807, 2.05) is 0 Å². The van der Waals surface area contributed by atoms with E-state index in [1.165, 1.54) is 21.9 Å². The highest BCUT2D eigenvalue weighted by molar-refractivity contribution is 6.90. The van der Waals surface area contributed by atoms with Crippen molar-refractivity contribution < 1.29 is 0 Å². The molecule has 0 nitrogen and oxygen atoms in total. The first-order valence-electron chi connectivity index (χ1n) is 6.79. The summed E-state index contributed by atoms with van der Waals surface area (Å²) in [5.41, 5.74) is 3.85. The summed E-state index contributed by atoms with van der Waals surface area (Å²) in [4.78, 5) is 0. The largest absolute Gasteiger partial charge is 0.0955 e. The molecule has 0 spiro atoms. The highest BCUT2D eigenvalue weighted by atomic mass is 28.3. The van der Waals surface area contributed by atoms with Gasteiger partial charge in [-0.25, -0.2) is 0 Å². The van der Waals surface area contributed by atoms with Gasteiger partial charge in [-0.15, -0.1) is 0 Å². The first kappa shape index (κ1) is 13.8. The Morgan fingerprint density at radius 1 is 0.947 bits per heavy atom. The lowest BCUT2D eigenvalue weighted by Crippen LogP contribution is -2.41. The van der Waals surface area contributed by atoms with Gasteiger partial charge in [0.05, 0.1) is 8.07 Å². The number of hydrogen-bond acceptors (Lipinski definition) is 0. The van der Waals surface area contributed by atoms with E-state index in [0.29, 0.717) is 0 Å². The lowest BCUT2D eigenvalue weighted by molar-refractivity contribution is 1.43. The van der Waals surface area contributed by atoms with Gasteiger partial charge in [0.2, 0.25) is 0 Å². The molecule has 0 radical (unpaired) electrons. The van der Waals surface area contributed by atoms with E-state index >= 15 is 0 Å². The maximum atomic E-state index is 4.30. The van der Waals surface area contributed by atoms with Crippen LogP contribution in [0.15, 0.2) is 61.2 Å². The lowest BCUT2D eigenvalue weighted by atomic mass is 10.1. The molecule has 0 N–H and O–H groups in total. The molecule has 0 bridgehead atoms. The van der Waals surface area contributed by atoms with Gasteiger partial charge < -0.3 is 0 Å². The molecule has 0 saturated heterocycles. The van der Waals surface area contributed by atoms with Gasteiger partial charge in [0.25, 0.3) is 0 Å². The van der Waals surface area contributed by atoms with Gasteiger partial charge in [-0.1, -0.05) is 90.6 Å². The Morgan fingerprint density at radius 3 is 2.11 bits per heavy atom. The minimum Gasteiger partial charge on any atom is -0.0955 e. The van der Waals surface area contributed by atoms with Gasteiger partial charge in [0.15, 0.2) is 0 Å². The van der Waals surface area contributed by atoms with Crippen LogP contribution >= 0.6 is 0 Å². The van der Waals surface area contributed by atoms with Gasteiger partial charge in [0, 0.05) is 0 Å². The molecule has 0 aromatic heterocycles. The molecular formula is C18H22Si. The van der Waals surface area contributed by atoms with E-state index in [-0.39, 0.29) is 0 Å². The molecule has 98 valence electrons. The van der Waals surface area contributed by atoms with Crippen LogP contribution in [-0.4, -0.2) is 8.07 Å². The van der Waals surface area contributed by atoms with Crippen molar-refractivity contribution in [3.8, 4) is 0 Å². The molecule has 0 atom stereocenters. The summed E-state index contributed by atoms with van der Waals surface area (Å²) >= 11 is 0. The Bertz CT molecular complexity index is 550. The van der Waals surface area contributed by atoms with Crippen molar-refractivity contribution in [2.45, 2.75) is 26.1 Å². The molecule has 0 unspecified atom stereocenters. The van der Waals surface area contributed by atoms with Crippen LogP contribution in [0, 0.1) is 6.92 Å². The molecule has 0 amide bonds. The third-order valence-electron chi connectivity index (χ3n) is 3.67. The fourth-order valence-corrected chi connectivity index (χ4v) is 4.99. The maximum absolute atomic E-state index is 4.30. The van der Waals surface area contributed by atoms with E-state index < -0.39 is 8.07 Å². The van der Waals surface area contributed by atoms with Crippen LogP contribution in [-0.2, 0) is 0 Å². The fourth-order valence-electron chi connectivity index (χ4n) is 2.42. The Labute approximate surface area is 117 Å². The summed E-state index contributed by atoms with van der Waals surface area (Å²) in [6.45, 7) is 11.3. The highest BCUT2D eigenvalue weighted by Crippen LogP contribution is 2.24. The van der Waals surface area contributed by atoms with Gasteiger partial charge in [-0.2, -0.15) is 0 Å². The Morgan fingerprint density at radius 2 is 1.53 bits per heavy atom. The molecule has 1 heteroatoms. The average molecular weight is 266 g/mol. The number of rotatable bonds is 4. The van der Waals surface area contributed by atoms with Gasteiger partial charge in [-0.3, -0.25) is 0 Å². The van der Waals surface area contributed by atoms with E-state index in [9.17, 15) is 0 Å². The second kappa shape index (κ2) is 5.58. The van der Waals surface area contributed by atoms with Crippen molar-refractivity contribution in [3.63, 3.8) is 0 Å². The van der Waals surface area contributed by atoms with Gasteiger partial charge in [-0.05, 0) is 18.5 Å². The van der Waals surface area contributed by atoms with Gasteiger partial charge >= 0.3 is 0 Å². The van der Waals surface area contributed by atoms with Crippen molar-refractivity contribution in [3.05, 3.63) is 72.3 Å². The van der Waals surface area contributed by atoms with E-state index in [1.54, 1.807) is 0 Å². The highest BCUT2D eigenvalue weighted by Gasteiger charge is 2.24. The molecule has 0 heterocycles. The van der Waals surface area contributed by atoms with Crippen molar-refractivity contribution in [1.82, 2.24) is 0 Å². The third kappa shape index (κ3) is 3.45. The summed E-state index contributed by atoms with van der Waals surface area (Å²) in [6, 6.07) is 20.7. The van der Waals surface area contributed by atoms with Crippen LogP contribution < -0.4 is 5.19 Å². The van der Waals surface area contributed by atoms with Gasteiger partial charge in [0.1, 0.15) is 0 Å². The quantitative estimate of drug-likeness (QED) is 0.708. The normalized spacial score (nSPS) is 11.3. The molecule has 0 aliphatic rings.